The van der Waals surface area contributed by atoms with E-state index in [1.54, 1.807) is 23.5 Å². The average molecular weight is 1300 g/mol. The van der Waals surface area contributed by atoms with Gasteiger partial charge in [0.2, 0.25) is 0 Å². The van der Waals surface area contributed by atoms with Crippen LogP contribution >= 0.6 is 23.5 Å². The Morgan fingerprint density at radius 1 is 0.337 bits per heavy atom. The number of nitrogens with zero attached hydrogens (tertiary/aromatic N) is 2. The summed E-state index contributed by atoms with van der Waals surface area (Å²) in [6, 6.07) is 114. The standard InChI is InChI=1S/C94H74N2S2/c1-7-67-31-49-79(50-32-67)97-81-53-39-71(40-54-81)93(89-59-63(3)27-29-65(89)5)87-25-17-15-23-83(87)85-57-47-77(61-91(85)93)95(73-19-11-9-12-20-73)75-43-35-69(36-44-75)70-37-45-76(46-38-70)96(74-21-13-10-14-22-74)78-48-58-86-84-24-16-18-26-88(84)94(92(86)62-78,90-60-64(4)28-30-66(90)6)72-41-55-82(56-42-72)98-80-51-33-68(8-2)34-52-80/h7-62,83,87H,1-2H2,3-6H3. The summed E-state index contributed by atoms with van der Waals surface area (Å²) in [6.07, 6.45) is 13.2. The van der Waals surface area contributed by atoms with E-state index >= 15 is 0 Å². The second-order valence-corrected chi connectivity index (χ2v) is 28.6. The molecule has 0 spiro atoms. The van der Waals surface area contributed by atoms with E-state index in [0.717, 1.165) is 56.4 Å². The molecule has 0 aromatic heterocycles. The Bertz CT molecular complexity index is 5210. The van der Waals surface area contributed by atoms with Crippen molar-refractivity contribution in [3.63, 3.8) is 0 Å². The summed E-state index contributed by atoms with van der Waals surface area (Å²) in [7, 11) is 0. The van der Waals surface area contributed by atoms with Crippen molar-refractivity contribution in [1.82, 2.24) is 0 Å². The molecule has 472 valence electrons. The van der Waals surface area contributed by atoms with Crippen molar-refractivity contribution in [2.75, 3.05) is 9.80 Å². The summed E-state index contributed by atoms with van der Waals surface area (Å²) in [5.74, 6) is 0.353. The van der Waals surface area contributed by atoms with Gasteiger partial charge in [0.15, 0.2) is 0 Å². The monoisotopic (exact) mass is 1290 g/mol. The van der Waals surface area contributed by atoms with E-state index in [-0.39, 0.29) is 11.8 Å². The second kappa shape index (κ2) is 25.9. The van der Waals surface area contributed by atoms with Crippen molar-refractivity contribution in [3.05, 3.63) is 419 Å². The molecule has 3 aliphatic rings. The highest BCUT2D eigenvalue weighted by Gasteiger charge is 2.54. The zero-order chi connectivity index (χ0) is 66.5. The van der Waals surface area contributed by atoms with Crippen LogP contribution < -0.4 is 9.80 Å². The molecule has 4 unspecified atom stereocenters. The highest BCUT2D eigenvalue weighted by Crippen LogP contribution is 2.62. The average Bonchev–Trinajstić information content (AvgIpc) is 1.53. The molecule has 13 aromatic rings. The summed E-state index contributed by atoms with van der Waals surface area (Å²) in [6.45, 7) is 17.0. The van der Waals surface area contributed by atoms with Gasteiger partial charge in [-0.2, -0.15) is 0 Å². The van der Waals surface area contributed by atoms with Crippen LogP contribution in [0.2, 0.25) is 0 Å². The third-order valence-corrected chi connectivity index (χ3v) is 22.6. The fourth-order valence-corrected chi connectivity index (χ4v) is 17.6. The maximum atomic E-state index is 3.97. The number of anilines is 6. The van der Waals surface area contributed by atoms with Crippen LogP contribution in [0.3, 0.4) is 0 Å². The number of hydrogen-bond donors (Lipinski definition) is 0. The Morgan fingerprint density at radius 2 is 0.765 bits per heavy atom. The predicted molar refractivity (Wildman–Crippen MR) is 416 cm³/mol. The van der Waals surface area contributed by atoms with Crippen LogP contribution in [0.15, 0.2) is 360 Å². The van der Waals surface area contributed by atoms with Gasteiger partial charge in [-0.15, -0.1) is 0 Å². The van der Waals surface area contributed by atoms with E-state index in [4.69, 9.17) is 0 Å². The highest BCUT2D eigenvalue weighted by molar-refractivity contribution is 7.99. The van der Waals surface area contributed by atoms with Gasteiger partial charge in [0.1, 0.15) is 0 Å². The van der Waals surface area contributed by atoms with Crippen molar-refractivity contribution < 1.29 is 0 Å². The van der Waals surface area contributed by atoms with Crippen LogP contribution in [0.1, 0.15) is 83.8 Å². The molecule has 0 heterocycles. The first-order valence-corrected chi connectivity index (χ1v) is 35.5. The number of aryl methyl sites for hydroxylation is 4. The lowest BCUT2D eigenvalue weighted by atomic mass is 9.62. The van der Waals surface area contributed by atoms with E-state index in [2.05, 4.69) is 378 Å². The van der Waals surface area contributed by atoms with E-state index in [1.165, 1.54) is 97.5 Å². The number of allylic oxidation sites excluding steroid dienone is 4. The van der Waals surface area contributed by atoms with Crippen LogP contribution in [0, 0.1) is 33.6 Å². The Balaban J connectivity index is 0.763. The maximum Gasteiger partial charge on any atom is 0.0716 e. The fraction of sp³-hybridized carbons (Fsp3) is 0.0851. The van der Waals surface area contributed by atoms with Gasteiger partial charge in [-0.25, -0.2) is 0 Å². The van der Waals surface area contributed by atoms with Gasteiger partial charge in [-0.3, -0.25) is 0 Å². The molecule has 13 aromatic carbocycles. The molecule has 16 rings (SSSR count). The SMILES string of the molecule is C=Cc1ccc(Sc2ccc(C3(c4cc(C)ccc4C)c4ccccc4-c4ccc(N(c5ccccc5)c5ccc(-c6ccc(N(c7ccccc7)c7ccc8c(c7)C(c7ccc(Sc9ccc(C=C)cc9)cc7)(c7cc(C)ccc7C)C7C=CC=CC87)cc6)cc5)cc43)cc2)cc1. The first kappa shape index (κ1) is 62.0. The number of fused-ring (bicyclic) bond motifs is 6. The van der Waals surface area contributed by atoms with Crippen molar-refractivity contribution in [3.8, 4) is 22.3 Å². The largest absolute Gasteiger partial charge is 0.310 e. The number of hydrogen-bond acceptors (Lipinski definition) is 4. The third kappa shape index (κ3) is 10.9. The summed E-state index contributed by atoms with van der Waals surface area (Å²) in [4.78, 5) is 9.67. The summed E-state index contributed by atoms with van der Waals surface area (Å²) in [5, 5.41) is 0. The lowest BCUT2D eigenvalue weighted by Gasteiger charge is -2.40. The quantitative estimate of drug-likeness (QED) is 0.0896. The van der Waals surface area contributed by atoms with E-state index in [9.17, 15) is 0 Å². The zero-order valence-electron chi connectivity index (χ0n) is 55.6. The van der Waals surface area contributed by atoms with Crippen molar-refractivity contribution in [1.29, 1.82) is 0 Å². The summed E-state index contributed by atoms with van der Waals surface area (Å²) < 4.78 is 0. The van der Waals surface area contributed by atoms with E-state index in [0.29, 0.717) is 0 Å². The molecule has 2 nitrogen and oxygen atoms in total. The molecular formula is C94H74N2S2. The molecule has 0 bridgehead atoms. The summed E-state index contributed by atoms with van der Waals surface area (Å²) >= 11 is 3.59. The van der Waals surface area contributed by atoms with Gasteiger partial charge in [-0.1, -0.05) is 266 Å². The van der Waals surface area contributed by atoms with Crippen molar-refractivity contribution >= 4 is 69.8 Å². The molecule has 4 heteroatoms. The molecule has 0 saturated heterocycles. The number of para-hydroxylation sites is 2. The normalized spacial score (nSPS) is 16.9. The molecule has 0 amide bonds. The molecule has 0 N–H and O–H groups in total. The topological polar surface area (TPSA) is 6.48 Å². The smallest absolute Gasteiger partial charge is 0.0716 e. The molecule has 3 aliphatic carbocycles. The van der Waals surface area contributed by atoms with Gasteiger partial charge in [0.05, 0.1) is 10.8 Å². The van der Waals surface area contributed by atoms with Gasteiger partial charge in [-0.05, 0) is 238 Å². The maximum absolute atomic E-state index is 3.97. The Morgan fingerprint density at radius 3 is 1.31 bits per heavy atom. The van der Waals surface area contributed by atoms with E-state index in [1.807, 2.05) is 12.2 Å². The zero-order valence-corrected chi connectivity index (χ0v) is 57.2. The minimum atomic E-state index is -0.604. The molecule has 98 heavy (non-hydrogen) atoms. The fourth-order valence-electron chi connectivity index (χ4n) is 15.9. The molecule has 0 aliphatic heterocycles. The number of rotatable bonds is 17. The molecule has 0 radical (unpaired) electrons. The number of benzene rings is 13. The van der Waals surface area contributed by atoms with Gasteiger partial charge in [0.25, 0.3) is 0 Å². The van der Waals surface area contributed by atoms with Crippen LogP contribution in [0.4, 0.5) is 34.1 Å². The van der Waals surface area contributed by atoms with Crippen molar-refractivity contribution in [2.24, 2.45) is 5.92 Å². The van der Waals surface area contributed by atoms with Crippen LogP contribution in [-0.2, 0) is 10.8 Å². The van der Waals surface area contributed by atoms with Gasteiger partial charge >= 0.3 is 0 Å². The first-order valence-electron chi connectivity index (χ1n) is 33.9. The highest BCUT2D eigenvalue weighted by atomic mass is 32.2. The molecule has 0 saturated carbocycles. The van der Waals surface area contributed by atoms with Gasteiger partial charge < -0.3 is 9.80 Å². The third-order valence-electron chi connectivity index (χ3n) is 20.5. The first-order chi connectivity index (χ1) is 48.1. The summed E-state index contributed by atoms with van der Waals surface area (Å²) in [5.41, 5.74) is 28.0. The Labute approximate surface area is 586 Å². The minimum Gasteiger partial charge on any atom is -0.310 e. The Hall–Kier alpha value is -10.9. The lowest BCUT2D eigenvalue weighted by molar-refractivity contribution is 0.454. The van der Waals surface area contributed by atoms with Crippen molar-refractivity contribution in [2.45, 2.75) is 64.0 Å². The van der Waals surface area contributed by atoms with E-state index < -0.39 is 10.8 Å². The minimum absolute atomic E-state index is 0.157. The van der Waals surface area contributed by atoms with Gasteiger partial charge in [0, 0.05) is 65.5 Å². The van der Waals surface area contributed by atoms with Crippen LogP contribution in [0.25, 0.3) is 34.4 Å². The molecule has 0 fully saturated rings. The van der Waals surface area contributed by atoms with Crippen LogP contribution in [-0.4, -0.2) is 0 Å². The Kier molecular flexibility index (Phi) is 16.4. The lowest BCUT2D eigenvalue weighted by Crippen LogP contribution is -2.36. The molecular weight excluding hydrogens is 1220 g/mol. The van der Waals surface area contributed by atoms with Crippen LogP contribution in [0.5, 0.6) is 0 Å². The molecule has 4 atom stereocenters. The second-order valence-electron chi connectivity index (χ2n) is 26.3. The predicted octanol–water partition coefficient (Wildman–Crippen LogP) is 25.7.